The Bertz CT molecular complexity index is 1250. The van der Waals surface area contributed by atoms with Gasteiger partial charge in [0.15, 0.2) is 0 Å². The number of hydrogen-bond acceptors (Lipinski definition) is 7. The first kappa shape index (κ1) is 33.1. The first-order chi connectivity index (χ1) is 20.7. The van der Waals surface area contributed by atoms with Gasteiger partial charge in [0.05, 0.1) is 15.2 Å². The number of hydrogen-bond donors (Lipinski definition) is 3. The average molecular weight is 611 g/mol. The molecular weight excluding hydrogens is 560 g/mol. The predicted molar refractivity (Wildman–Crippen MR) is 174 cm³/mol. The zero-order valence-electron chi connectivity index (χ0n) is 26.3. The van der Waals surface area contributed by atoms with Crippen molar-refractivity contribution in [3.8, 4) is 0 Å². The lowest BCUT2D eigenvalue weighted by atomic mass is 9.90. The van der Waals surface area contributed by atoms with Crippen LogP contribution < -0.4 is 16.0 Å². The molecule has 2 heterocycles. The minimum absolute atomic E-state index is 0.111. The third-order valence-electron chi connectivity index (χ3n) is 8.87. The number of carbonyl (C=O) groups excluding carboxylic acids is 3. The largest absolute Gasteiger partial charge is 0.354 e. The summed E-state index contributed by atoms with van der Waals surface area (Å²) in [6.45, 7) is 13.5. The number of piperazine rings is 1. The summed E-state index contributed by atoms with van der Waals surface area (Å²) >= 11 is 1.58. The maximum absolute atomic E-state index is 13.6. The number of nitrogens with one attached hydrogen (secondary N) is 3. The fourth-order valence-electron chi connectivity index (χ4n) is 6.09. The Kier molecular flexibility index (Phi) is 12.5. The Morgan fingerprint density at radius 1 is 1.07 bits per heavy atom. The molecule has 10 heteroatoms. The van der Waals surface area contributed by atoms with Crippen molar-refractivity contribution in [1.29, 1.82) is 0 Å². The van der Waals surface area contributed by atoms with Crippen molar-refractivity contribution in [3.63, 3.8) is 0 Å². The Balaban J connectivity index is 1.36. The number of amides is 3. The molecule has 236 valence electrons. The molecule has 1 saturated heterocycles. The summed E-state index contributed by atoms with van der Waals surface area (Å²) in [4.78, 5) is 48.4. The van der Waals surface area contributed by atoms with Gasteiger partial charge >= 0.3 is 0 Å². The van der Waals surface area contributed by atoms with Gasteiger partial charge in [0, 0.05) is 64.2 Å². The van der Waals surface area contributed by atoms with Crippen LogP contribution in [0.4, 0.5) is 0 Å². The lowest BCUT2D eigenvalue weighted by Crippen LogP contribution is -2.50. The first-order valence-corrected chi connectivity index (χ1v) is 16.9. The molecule has 2 aromatic rings. The highest BCUT2D eigenvalue weighted by atomic mass is 32.1. The minimum atomic E-state index is -0.701. The predicted octanol–water partition coefficient (Wildman–Crippen LogP) is 3.53. The smallest absolute Gasteiger partial charge is 0.247 e. The standard InChI is InChI=1S/C33H50N6O3S/c1-5-9-30(40)36-28(19-31-37-27-13-12-24(6-2)18-29(27)43-31)33(42)35-21-26(25-10-7-8-11-25)20-34-32(41)23(3)22-39-16-14-38(4)15-17-39/h12-13,18,25-26,28H,3,5-11,14-17,19-22H2,1-2,4H3,(H,34,41)(H,35,42)(H,36,40)/t26?,28-/m0/s1. The molecule has 1 saturated carbocycles. The van der Waals surface area contributed by atoms with E-state index in [-0.39, 0.29) is 23.6 Å². The Hall–Kier alpha value is -2.82. The van der Waals surface area contributed by atoms with Crippen molar-refractivity contribution in [1.82, 2.24) is 30.7 Å². The quantitative estimate of drug-likeness (QED) is 0.267. The van der Waals surface area contributed by atoms with Gasteiger partial charge in [-0.25, -0.2) is 4.98 Å². The molecule has 43 heavy (non-hydrogen) atoms. The normalized spacial score (nSPS) is 17.9. The number of aryl methyl sites for hydroxylation is 1. The summed E-state index contributed by atoms with van der Waals surface area (Å²) in [6.07, 6.45) is 6.93. The maximum atomic E-state index is 13.6. The second-order valence-corrected chi connectivity index (χ2v) is 13.4. The van der Waals surface area contributed by atoms with Crippen molar-refractivity contribution < 1.29 is 14.4 Å². The summed E-state index contributed by atoms with van der Waals surface area (Å²) < 4.78 is 1.10. The zero-order valence-corrected chi connectivity index (χ0v) is 27.1. The minimum Gasteiger partial charge on any atom is -0.354 e. The van der Waals surface area contributed by atoms with E-state index in [1.165, 1.54) is 18.4 Å². The third kappa shape index (κ3) is 9.84. The van der Waals surface area contributed by atoms with E-state index >= 15 is 0 Å². The number of likely N-dealkylation sites (N-methyl/N-ethyl adjacent to an activating group) is 1. The van der Waals surface area contributed by atoms with Gasteiger partial charge < -0.3 is 20.9 Å². The molecule has 4 rings (SSSR count). The third-order valence-corrected chi connectivity index (χ3v) is 9.91. The molecule has 0 radical (unpaired) electrons. The topological polar surface area (TPSA) is 107 Å². The van der Waals surface area contributed by atoms with Crippen LogP contribution in [0.2, 0.25) is 0 Å². The molecule has 1 aromatic carbocycles. The second-order valence-electron chi connectivity index (χ2n) is 12.3. The van der Waals surface area contributed by atoms with Gasteiger partial charge in [0.2, 0.25) is 17.7 Å². The molecular formula is C33H50N6O3S. The second kappa shape index (κ2) is 16.3. The van der Waals surface area contributed by atoms with Gasteiger partial charge in [0.25, 0.3) is 0 Å². The monoisotopic (exact) mass is 610 g/mol. The van der Waals surface area contributed by atoms with Crippen molar-refractivity contribution in [3.05, 3.63) is 40.9 Å². The van der Waals surface area contributed by atoms with Gasteiger partial charge in [-0.3, -0.25) is 19.3 Å². The molecule has 2 fully saturated rings. The molecule has 0 spiro atoms. The van der Waals surface area contributed by atoms with Crippen LogP contribution in [0.25, 0.3) is 10.2 Å². The van der Waals surface area contributed by atoms with Crippen LogP contribution in [0.3, 0.4) is 0 Å². The molecule has 2 aliphatic rings. The molecule has 1 unspecified atom stereocenters. The molecule has 1 aliphatic carbocycles. The van der Waals surface area contributed by atoms with Crippen LogP contribution in [0.15, 0.2) is 30.4 Å². The fourth-order valence-corrected chi connectivity index (χ4v) is 7.16. The van der Waals surface area contributed by atoms with Gasteiger partial charge in [-0.15, -0.1) is 11.3 Å². The number of thiazole rings is 1. The first-order valence-electron chi connectivity index (χ1n) is 16.1. The van der Waals surface area contributed by atoms with Gasteiger partial charge in [-0.1, -0.05) is 52.2 Å². The van der Waals surface area contributed by atoms with Gasteiger partial charge in [0.1, 0.15) is 6.04 Å². The summed E-state index contributed by atoms with van der Waals surface area (Å²) in [7, 11) is 2.12. The van der Waals surface area contributed by atoms with Crippen molar-refractivity contribution in [2.24, 2.45) is 11.8 Å². The molecule has 3 amide bonds. The van der Waals surface area contributed by atoms with Gasteiger partial charge in [-0.2, -0.15) is 0 Å². The number of rotatable bonds is 15. The van der Waals surface area contributed by atoms with Crippen LogP contribution in [-0.2, 0) is 27.2 Å². The fraction of sp³-hybridized carbons (Fsp3) is 0.636. The van der Waals surface area contributed by atoms with E-state index in [0.29, 0.717) is 50.4 Å². The molecule has 9 nitrogen and oxygen atoms in total. The molecule has 0 bridgehead atoms. The number of fused-ring (bicyclic) bond motifs is 1. The molecule has 1 aliphatic heterocycles. The van der Waals surface area contributed by atoms with E-state index in [0.717, 1.165) is 60.7 Å². The lowest BCUT2D eigenvalue weighted by Gasteiger charge is -2.32. The van der Waals surface area contributed by atoms with E-state index in [1.54, 1.807) is 11.3 Å². The van der Waals surface area contributed by atoms with E-state index in [4.69, 9.17) is 4.98 Å². The van der Waals surface area contributed by atoms with Crippen LogP contribution in [0.1, 0.15) is 62.9 Å². The Labute approximate surface area is 260 Å². The highest BCUT2D eigenvalue weighted by molar-refractivity contribution is 7.18. The van der Waals surface area contributed by atoms with E-state index in [2.05, 4.69) is 58.4 Å². The molecule has 1 aromatic heterocycles. The highest BCUT2D eigenvalue weighted by Crippen LogP contribution is 2.31. The number of nitrogens with zero attached hydrogens (tertiary/aromatic N) is 3. The van der Waals surface area contributed by atoms with Crippen LogP contribution in [-0.4, -0.2) is 91.4 Å². The Morgan fingerprint density at radius 2 is 1.79 bits per heavy atom. The van der Waals surface area contributed by atoms with E-state index in [1.807, 2.05) is 13.0 Å². The van der Waals surface area contributed by atoms with Crippen LogP contribution in [0, 0.1) is 11.8 Å². The average Bonchev–Trinajstić information content (AvgIpc) is 3.67. The summed E-state index contributed by atoms with van der Waals surface area (Å²) in [6, 6.07) is 5.57. The van der Waals surface area contributed by atoms with E-state index in [9.17, 15) is 14.4 Å². The summed E-state index contributed by atoms with van der Waals surface area (Å²) in [5, 5.41) is 10.0. The SMILES string of the molecule is C=C(CN1CCN(C)CC1)C(=O)NCC(CNC(=O)[C@H](Cc1nc2ccc(CC)cc2s1)NC(=O)CCC)C1CCCC1. The zero-order chi connectivity index (χ0) is 30.8. The Morgan fingerprint density at radius 3 is 2.49 bits per heavy atom. The van der Waals surface area contributed by atoms with Crippen LogP contribution in [0.5, 0.6) is 0 Å². The summed E-state index contributed by atoms with van der Waals surface area (Å²) in [5.74, 6) is 0.118. The molecule has 3 N–H and O–H groups in total. The highest BCUT2D eigenvalue weighted by Gasteiger charge is 2.29. The molecule has 2 atom stereocenters. The van der Waals surface area contributed by atoms with Gasteiger partial charge in [-0.05, 0) is 49.4 Å². The van der Waals surface area contributed by atoms with Crippen molar-refractivity contribution in [2.75, 3.05) is 52.9 Å². The number of carbonyl (C=O) groups is 3. The number of benzene rings is 1. The maximum Gasteiger partial charge on any atom is 0.247 e. The number of aromatic nitrogens is 1. The lowest BCUT2D eigenvalue weighted by molar-refractivity contribution is -0.129. The summed E-state index contributed by atoms with van der Waals surface area (Å²) in [5.41, 5.74) is 2.75. The van der Waals surface area contributed by atoms with Crippen molar-refractivity contribution >= 4 is 39.3 Å². The van der Waals surface area contributed by atoms with Crippen molar-refractivity contribution in [2.45, 2.75) is 71.3 Å². The van der Waals surface area contributed by atoms with Crippen LogP contribution >= 0.6 is 11.3 Å². The van der Waals surface area contributed by atoms with E-state index < -0.39 is 6.04 Å².